The van der Waals surface area contributed by atoms with Crippen molar-refractivity contribution >= 4 is 28.9 Å². The van der Waals surface area contributed by atoms with E-state index in [1.54, 1.807) is 12.1 Å². The Morgan fingerprint density at radius 1 is 0.879 bits per heavy atom. The first-order chi connectivity index (χ1) is 16.2. The van der Waals surface area contributed by atoms with Crippen LogP contribution in [0.25, 0.3) is 0 Å². The number of hydrogen-bond donors (Lipinski definition) is 2. The molecule has 1 aliphatic heterocycles. The first-order valence-corrected chi connectivity index (χ1v) is 11.5. The fourth-order valence-corrected chi connectivity index (χ4v) is 4.24. The third-order valence-electron chi connectivity index (χ3n) is 5.92. The molecule has 0 atom stereocenters. The van der Waals surface area contributed by atoms with Crippen LogP contribution in [0.15, 0.2) is 78.9 Å². The lowest BCUT2D eigenvalue weighted by molar-refractivity contribution is -0.114. The van der Waals surface area contributed by atoms with Crippen molar-refractivity contribution in [1.82, 2.24) is 0 Å². The average molecular weight is 443 g/mol. The van der Waals surface area contributed by atoms with Gasteiger partial charge in [0.25, 0.3) is 5.91 Å². The smallest absolute Gasteiger partial charge is 0.258 e. The van der Waals surface area contributed by atoms with Crippen LogP contribution in [-0.4, -0.2) is 31.4 Å². The van der Waals surface area contributed by atoms with Crippen molar-refractivity contribution in [3.63, 3.8) is 0 Å². The van der Waals surface area contributed by atoms with Gasteiger partial charge in [-0.1, -0.05) is 36.4 Å². The van der Waals surface area contributed by atoms with Crippen LogP contribution in [-0.2, 0) is 11.3 Å². The highest BCUT2D eigenvalue weighted by Crippen LogP contribution is 2.27. The summed E-state index contributed by atoms with van der Waals surface area (Å²) < 4.78 is 0. The van der Waals surface area contributed by atoms with E-state index in [9.17, 15) is 9.59 Å². The Kier molecular flexibility index (Phi) is 7.37. The Labute approximate surface area is 195 Å². The molecule has 0 bridgehead atoms. The molecule has 0 aliphatic carbocycles. The lowest BCUT2D eigenvalue weighted by Gasteiger charge is -2.30. The van der Waals surface area contributed by atoms with Gasteiger partial charge >= 0.3 is 0 Å². The van der Waals surface area contributed by atoms with Crippen LogP contribution >= 0.6 is 0 Å². The lowest BCUT2D eigenvalue weighted by Crippen LogP contribution is -2.38. The number of piperidine rings is 1. The van der Waals surface area contributed by atoms with E-state index in [2.05, 4.69) is 10.2 Å². The predicted molar refractivity (Wildman–Crippen MR) is 134 cm³/mol. The first kappa shape index (κ1) is 22.6. The van der Waals surface area contributed by atoms with Crippen molar-refractivity contribution in [2.24, 2.45) is 5.73 Å². The van der Waals surface area contributed by atoms with Gasteiger partial charge in [-0.05, 0) is 67.3 Å². The number of hydrogen-bond acceptors (Lipinski definition) is 4. The molecule has 1 heterocycles. The standard InChI is InChI=1S/C27H30N4O2/c28-19-22-18-23(14-15-25(22)30-16-8-3-9-17-30)29-26(32)20-31(24-12-6-2-7-13-24)27(33)21-10-4-1-5-11-21/h1-2,4-7,10-15,18H,3,8-9,16-17,19-20,28H2,(H,29,32). The Balaban J connectivity index is 1.51. The molecule has 4 rings (SSSR count). The molecule has 1 saturated heterocycles. The van der Waals surface area contributed by atoms with Crippen LogP contribution in [0.2, 0.25) is 0 Å². The molecule has 1 fully saturated rings. The second-order valence-electron chi connectivity index (χ2n) is 8.24. The number of carbonyl (C=O) groups excluding carboxylic acids is 2. The fraction of sp³-hybridized carbons (Fsp3) is 0.259. The highest BCUT2D eigenvalue weighted by Gasteiger charge is 2.21. The van der Waals surface area contributed by atoms with Crippen molar-refractivity contribution in [3.05, 3.63) is 90.0 Å². The minimum Gasteiger partial charge on any atom is -0.371 e. The molecule has 0 saturated carbocycles. The normalized spacial score (nSPS) is 13.4. The van der Waals surface area contributed by atoms with Gasteiger partial charge < -0.3 is 16.0 Å². The van der Waals surface area contributed by atoms with Crippen molar-refractivity contribution in [2.45, 2.75) is 25.8 Å². The zero-order valence-corrected chi connectivity index (χ0v) is 18.7. The predicted octanol–water partition coefficient (Wildman–Crippen LogP) is 4.42. The van der Waals surface area contributed by atoms with Gasteiger partial charge in [0.2, 0.25) is 5.91 Å². The number of amides is 2. The number of carbonyl (C=O) groups is 2. The largest absolute Gasteiger partial charge is 0.371 e. The molecule has 33 heavy (non-hydrogen) atoms. The molecule has 3 aromatic rings. The van der Waals surface area contributed by atoms with E-state index in [1.807, 2.05) is 66.7 Å². The lowest BCUT2D eigenvalue weighted by atomic mass is 10.1. The van der Waals surface area contributed by atoms with Gasteiger partial charge in [0.1, 0.15) is 6.54 Å². The summed E-state index contributed by atoms with van der Waals surface area (Å²) in [6.07, 6.45) is 3.64. The van der Waals surface area contributed by atoms with Gasteiger partial charge in [-0.15, -0.1) is 0 Å². The summed E-state index contributed by atoms with van der Waals surface area (Å²) in [6, 6.07) is 24.1. The average Bonchev–Trinajstić information content (AvgIpc) is 2.88. The second-order valence-corrected chi connectivity index (χ2v) is 8.24. The first-order valence-electron chi connectivity index (χ1n) is 11.5. The monoisotopic (exact) mass is 442 g/mol. The molecule has 6 heteroatoms. The maximum Gasteiger partial charge on any atom is 0.258 e. The Morgan fingerprint density at radius 3 is 2.21 bits per heavy atom. The van der Waals surface area contributed by atoms with Gasteiger partial charge in [0.05, 0.1) is 0 Å². The summed E-state index contributed by atoms with van der Waals surface area (Å²) in [5.41, 5.74) is 10.1. The van der Waals surface area contributed by atoms with Gasteiger partial charge in [-0.3, -0.25) is 14.5 Å². The van der Waals surface area contributed by atoms with E-state index in [-0.39, 0.29) is 18.4 Å². The number of benzene rings is 3. The summed E-state index contributed by atoms with van der Waals surface area (Å²) in [7, 11) is 0. The van der Waals surface area contributed by atoms with Gasteiger partial charge in [0.15, 0.2) is 0 Å². The summed E-state index contributed by atoms with van der Waals surface area (Å²) in [4.78, 5) is 30.0. The van der Waals surface area contributed by atoms with Crippen molar-refractivity contribution in [2.75, 3.05) is 34.8 Å². The van der Waals surface area contributed by atoms with E-state index < -0.39 is 0 Å². The fourth-order valence-electron chi connectivity index (χ4n) is 4.24. The van der Waals surface area contributed by atoms with Crippen LogP contribution in [0.1, 0.15) is 35.2 Å². The van der Waals surface area contributed by atoms with Gasteiger partial charge in [0, 0.05) is 42.3 Å². The Hall–Kier alpha value is -3.64. The molecule has 170 valence electrons. The molecule has 0 radical (unpaired) electrons. The van der Waals surface area contributed by atoms with Crippen LogP contribution in [0.5, 0.6) is 0 Å². The minimum atomic E-state index is -0.267. The van der Waals surface area contributed by atoms with Crippen LogP contribution in [0.4, 0.5) is 17.1 Å². The third-order valence-corrected chi connectivity index (χ3v) is 5.92. The Bertz CT molecular complexity index is 1080. The van der Waals surface area contributed by atoms with Gasteiger partial charge in [-0.2, -0.15) is 0 Å². The topological polar surface area (TPSA) is 78.7 Å². The number of para-hydroxylation sites is 1. The van der Waals surface area contributed by atoms with Crippen LogP contribution in [0, 0.1) is 0 Å². The molecule has 0 unspecified atom stereocenters. The highest BCUT2D eigenvalue weighted by atomic mass is 16.2. The number of anilines is 3. The molecule has 0 aromatic heterocycles. The van der Waals surface area contributed by atoms with Crippen LogP contribution < -0.4 is 20.9 Å². The molecule has 3 N–H and O–H groups in total. The maximum absolute atomic E-state index is 13.2. The van der Waals surface area contributed by atoms with E-state index >= 15 is 0 Å². The summed E-state index contributed by atoms with van der Waals surface area (Å²) in [5.74, 6) is -0.489. The summed E-state index contributed by atoms with van der Waals surface area (Å²) in [5, 5.41) is 2.95. The number of nitrogens with two attached hydrogens (primary N) is 1. The minimum absolute atomic E-state index is 0.0937. The number of rotatable bonds is 7. The molecule has 6 nitrogen and oxygen atoms in total. The Morgan fingerprint density at radius 2 is 1.55 bits per heavy atom. The number of nitrogens with zero attached hydrogens (tertiary/aromatic N) is 2. The molecule has 2 amide bonds. The van der Waals surface area contributed by atoms with E-state index in [0.29, 0.717) is 23.5 Å². The molecular formula is C27H30N4O2. The van der Waals surface area contributed by atoms with Crippen LogP contribution in [0.3, 0.4) is 0 Å². The molecule has 3 aromatic carbocycles. The van der Waals surface area contributed by atoms with E-state index in [1.165, 1.54) is 24.2 Å². The quantitative estimate of drug-likeness (QED) is 0.568. The van der Waals surface area contributed by atoms with E-state index in [4.69, 9.17) is 5.73 Å². The molecular weight excluding hydrogens is 412 g/mol. The summed E-state index contributed by atoms with van der Waals surface area (Å²) in [6.45, 7) is 2.38. The molecule has 0 spiro atoms. The zero-order chi connectivity index (χ0) is 23.0. The van der Waals surface area contributed by atoms with Crippen molar-refractivity contribution in [3.8, 4) is 0 Å². The van der Waals surface area contributed by atoms with Crippen molar-refractivity contribution in [1.29, 1.82) is 0 Å². The molecule has 1 aliphatic rings. The third kappa shape index (κ3) is 5.59. The maximum atomic E-state index is 13.2. The highest BCUT2D eigenvalue weighted by molar-refractivity contribution is 6.10. The SMILES string of the molecule is NCc1cc(NC(=O)CN(C(=O)c2ccccc2)c2ccccc2)ccc1N1CCCCC1. The number of nitrogens with one attached hydrogen (secondary N) is 1. The second kappa shape index (κ2) is 10.8. The van der Waals surface area contributed by atoms with Crippen molar-refractivity contribution < 1.29 is 9.59 Å². The van der Waals surface area contributed by atoms with E-state index in [0.717, 1.165) is 24.3 Å². The summed E-state index contributed by atoms with van der Waals surface area (Å²) >= 11 is 0. The zero-order valence-electron chi connectivity index (χ0n) is 18.7. The van der Waals surface area contributed by atoms with Gasteiger partial charge in [-0.25, -0.2) is 0 Å².